The van der Waals surface area contributed by atoms with Crippen molar-refractivity contribution in [3.63, 3.8) is 0 Å². The maximum atomic E-state index is 12.8. The quantitative estimate of drug-likeness (QED) is 0.397. The van der Waals surface area contributed by atoms with Gasteiger partial charge in [0.1, 0.15) is 12.3 Å². The summed E-state index contributed by atoms with van der Waals surface area (Å²) in [5, 5.41) is 4.24. The van der Waals surface area contributed by atoms with Gasteiger partial charge in [0.25, 0.3) is 5.91 Å². The zero-order valence-electron chi connectivity index (χ0n) is 15.4. The molecule has 2 aliphatic rings. The van der Waals surface area contributed by atoms with Gasteiger partial charge in [-0.1, -0.05) is 45.9 Å². The van der Waals surface area contributed by atoms with Crippen LogP contribution in [-0.2, 0) is 25.7 Å². The largest absolute Gasteiger partial charge is 0.456 e. The minimum atomic E-state index is -0.524. The average molecular weight is 463 g/mol. The van der Waals surface area contributed by atoms with Gasteiger partial charge in [0.05, 0.1) is 6.04 Å². The van der Waals surface area contributed by atoms with Crippen molar-refractivity contribution in [2.75, 3.05) is 0 Å². The summed E-state index contributed by atoms with van der Waals surface area (Å²) in [7, 11) is 0. The summed E-state index contributed by atoms with van der Waals surface area (Å²) >= 11 is 4.67. The third-order valence-electron chi connectivity index (χ3n) is 4.37. The number of amides is 2. The maximum Gasteiger partial charge on any atom is 0.356 e. The van der Waals surface area contributed by atoms with E-state index in [0.29, 0.717) is 12.0 Å². The number of nitrogens with one attached hydrogen (secondary N) is 1. The van der Waals surface area contributed by atoms with Crippen LogP contribution in [0, 0.1) is 0 Å². The Labute approximate surface area is 175 Å². The fraction of sp³-hybridized carbons (Fsp3) is 0.250. The summed E-state index contributed by atoms with van der Waals surface area (Å²) < 4.78 is 6.41. The van der Waals surface area contributed by atoms with Gasteiger partial charge in [-0.05, 0) is 30.0 Å². The number of thioether (sulfide) groups is 1. The molecule has 1 aromatic carbocycles. The van der Waals surface area contributed by atoms with Crippen LogP contribution in [0.15, 0.2) is 62.6 Å². The summed E-state index contributed by atoms with van der Waals surface area (Å²) in [5.74, 6) is -0.865. The molecule has 6 nitrogen and oxygen atoms in total. The molecule has 3 rings (SSSR count). The Morgan fingerprint density at radius 2 is 2.07 bits per heavy atom. The molecular weight excluding hydrogens is 444 g/mol. The first-order valence-electron chi connectivity index (χ1n) is 8.65. The lowest BCUT2D eigenvalue weighted by Gasteiger charge is -2.38. The van der Waals surface area contributed by atoms with Gasteiger partial charge in [-0.25, -0.2) is 4.79 Å². The lowest BCUT2D eigenvalue weighted by Crippen LogP contribution is -2.52. The van der Waals surface area contributed by atoms with E-state index in [1.807, 2.05) is 31.2 Å². The van der Waals surface area contributed by atoms with E-state index in [9.17, 15) is 14.4 Å². The molecule has 0 aromatic heterocycles. The lowest BCUT2D eigenvalue weighted by molar-refractivity contribution is -0.147. The fourth-order valence-corrected chi connectivity index (χ4v) is 4.17. The van der Waals surface area contributed by atoms with Crippen molar-refractivity contribution in [1.82, 2.24) is 10.2 Å². The van der Waals surface area contributed by atoms with E-state index >= 15 is 0 Å². The monoisotopic (exact) mass is 462 g/mol. The molecular formula is C20H19BrN2O4S. The van der Waals surface area contributed by atoms with Crippen molar-refractivity contribution in [2.45, 2.75) is 32.9 Å². The van der Waals surface area contributed by atoms with Crippen molar-refractivity contribution >= 4 is 45.5 Å². The molecule has 2 heterocycles. The Kier molecular flexibility index (Phi) is 6.41. The highest BCUT2D eigenvalue weighted by molar-refractivity contribution is 9.10. The molecule has 1 atom stereocenters. The number of ether oxygens (including phenoxy) is 1. The van der Waals surface area contributed by atoms with E-state index in [4.69, 9.17) is 4.74 Å². The topological polar surface area (TPSA) is 75.7 Å². The lowest BCUT2D eigenvalue weighted by atomic mass is 9.94. The number of hydrogen-bond acceptors (Lipinski definition) is 5. The summed E-state index contributed by atoms with van der Waals surface area (Å²) in [6, 6.07) is 7.35. The predicted octanol–water partition coefficient (Wildman–Crippen LogP) is 3.61. The molecule has 0 bridgehead atoms. The zero-order chi connectivity index (χ0) is 20.3. The second-order valence-electron chi connectivity index (χ2n) is 6.23. The number of esters is 1. The molecule has 0 unspecified atom stereocenters. The highest BCUT2D eigenvalue weighted by Gasteiger charge is 2.51. The Hall–Kier alpha value is -2.32. The van der Waals surface area contributed by atoms with E-state index in [1.54, 1.807) is 11.5 Å². The molecule has 28 heavy (non-hydrogen) atoms. The molecule has 0 saturated carbocycles. The Morgan fingerprint density at radius 1 is 1.36 bits per heavy atom. The number of benzene rings is 1. The predicted molar refractivity (Wildman–Crippen MR) is 111 cm³/mol. The van der Waals surface area contributed by atoms with Gasteiger partial charge in [-0.15, -0.1) is 0 Å². The molecule has 1 N–H and O–H groups in total. The number of carbonyl (C=O) groups is 3. The van der Waals surface area contributed by atoms with E-state index in [0.717, 1.165) is 14.9 Å². The number of fused-ring (bicyclic) bond motifs is 1. The van der Waals surface area contributed by atoms with Gasteiger partial charge in [-0.3, -0.25) is 14.5 Å². The molecule has 0 radical (unpaired) electrons. The van der Waals surface area contributed by atoms with E-state index in [2.05, 4.69) is 21.2 Å². The number of allylic oxidation sites excluding steroid dienone is 1. The number of carbonyl (C=O) groups excluding carboxylic acids is 3. The van der Waals surface area contributed by atoms with Crippen LogP contribution in [0.3, 0.4) is 0 Å². The molecule has 1 aromatic rings. The third-order valence-corrected chi connectivity index (χ3v) is 5.82. The van der Waals surface area contributed by atoms with Gasteiger partial charge in [0, 0.05) is 34.5 Å². The summed E-state index contributed by atoms with van der Waals surface area (Å²) in [5.41, 5.74) is 1.85. The van der Waals surface area contributed by atoms with E-state index in [1.165, 1.54) is 29.8 Å². The van der Waals surface area contributed by atoms with E-state index in [-0.39, 0.29) is 30.2 Å². The summed E-state index contributed by atoms with van der Waals surface area (Å²) in [4.78, 5) is 38.4. The minimum Gasteiger partial charge on any atom is -0.456 e. The Morgan fingerprint density at radius 3 is 2.71 bits per heavy atom. The molecule has 2 amide bonds. The summed E-state index contributed by atoms with van der Waals surface area (Å²) in [6.45, 7) is 3.36. The summed E-state index contributed by atoms with van der Waals surface area (Å²) in [6.07, 6.45) is 3.86. The normalized spacial score (nSPS) is 19.8. The van der Waals surface area contributed by atoms with Gasteiger partial charge in [0.15, 0.2) is 0 Å². The first kappa shape index (κ1) is 20.4. The van der Waals surface area contributed by atoms with E-state index < -0.39 is 5.97 Å². The van der Waals surface area contributed by atoms with Gasteiger partial charge < -0.3 is 10.1 Å². The van der Waals surface area contributed by atoms with Crippen LogP contribution in [-0.4, -0.2) is 28.7 Å². The highest BCUT2D eigenvalue weighted by Crippen LogP contribution is 2.46. The van der Waals surface area contributed by atoms with Crippen molar-refractivity contribution < 1.29 is 19.1 Å². The van der Waals surface area contributed by atoms with Gasteiger partial charge >= 0.3 is 5.97 Å². The van der Waals surface area contributed by atoms with Crippen molar-refractivity contribution in [3.05, 3.63) is 68.2 Å². The first-order chi connectivity index (χ1) is 13.4. The number of rotatable bonds is 6. The third kappa shape index (κ3) is 4.23. The second-order valence-corrected chi connectivity index (χ2v) is 8.15. The average Bonchev–Trinajstić information content (AvgIpc) is 2.99. The fourth-order valence-electron chi connectivity index (χ4n) is 3.06. The molecule has 0 aliphatic carbocycles. The van der Waals surface area contributed by atoms with Crippen molar-refractivity contribution in [1.29, 1.82) is 0 Å². The minimum absolute atomic E-state index is 0.121. The van der Waals surface area contributed by atoms with Gasteiger partial charge in [-0.2, -0.15) is 0 Å². The maximum absolute atomic E-state index is 12.8. The zero-order valence-corrected chi connectivity index (χ0v) is 17.8. The standard InChI is InChI=1S/C20H19BrN2O4S/c1-3-15-16-10-17(28-9-8-22-12(2)24)18(23(16)19(15)25)20(26)27-11-13-4-6-14(21)7-5-13/h3-9,16H,10-11H2,1-2H3,(H,22,24)/b9-8+,15-3-/t16-/m1/s1. The van der Waals surface area contributed by atoms with Crippen LogP contribution in [0.4, 0.5) is 0 Å². The molecule has 2 aliphatic heterocycles. The van der Waals surface area contributed by atoms with Crippen LogP contribution in [0.5, 0.6) is 0 Å². The SMILES string of the molecule is C/C=C1\C(=O)N2C(C(=O)OCc3ccc(Br)cc3)=C(S/C=C/NC(C)=O)C[C@H]12. The number of hydrogen-bond donors (Lipinski definition) is 1. The number of β-lactam (4-membered cyclic amide) rings is 1. The van der Waals surface area contributed by atoms with Crippen LogP contribution < -0.4 is 5.32 Å². The smallest absolute Gasteiger partial charge is 0.356 e. The Balaban J connectivity index is 1.75. The number of nitrogens with zero attached hydrogens (tertiary/aromatic N) is 1. The highest BCUT2D eigenvalue weighted by atomic mass is 79.9. The van der Waals surface area contributed by atoms with Crippen LogP contribution in [0.2, 0.25) is 0 Å². The molecule has 1 saturated heterocycles. The van der Waals surface area contributed by atoms with Crippen LogP contribution in [0.25, 0.3) is 0 Å². The van der Waals surface area contributed by atoms with Crippen LogP contribution >= 0.6 is 27.7 Å². The molecule has 146 valence electrons. The van der Waals surface area contributed by atoms with Crippen molar-refractivity contribution in [3.8, 4) is 0 Å². The number of halogens is 1. The molecule has 0 spiro atoms. The molecule has 8 heteroatoms. The Bertz CT molecular complexity index is 905. The molecule has 1 fully saturated rings. The van der Waals surface area contributed by atoms with Crippen LogP contribution in [0.1, 0.15) is 25.8 Å². The van der Waals surface area contributed by atoms with Gasteiger partial charge in [0.2, 0.25) is 5.91 Å². The first-order valence-corrected chi connectivity index (χ1v) is 10.3. The second kappa shape index (κ2) is 8.79. The van der Waals surface area contributed by atoms with Crippen molar-refractivity contribution in [2.24, 2.45) is 0 Å².